The monoisotopic (exact) mass is 364 g/mol. The molecule has 0 saturated heterocycles. The highest BCUT2D eigenvalue weighted by Gasteiger charge is 2.50. The van der Waals surface area contributed by atoms with E-state index in [1.54, 1.807) is 20.8 Å². The van der Waals surface area contributed by atoms with Gasteiger partial charge in [0.2, 0.25) is 0 Å². The number of hydrogen-bond acceptors (Lipinski definition) is 5. The van der Waals surface area contributed by atoms with Gasteiger partial charge < -0.3 is 8.92 Å². The van der Waals surface area contributed by atoms with Crippen LogP contribution in [0.5, 0.6) is 0 Å². The topological polar surface area (TPSA) is 69.7 Å². The molecule has 0 saturated carbocycles. The average Bonchev–Trinajstić information content (AvgIpc) is 2.68. The largest absolute Gasteiger partial charge is 0.534 e. The van der Waals surface area contributed by atoms with Gasteiger partial charge in [0.1, 0.15) is 5.76 Å². The van der Waals surface area contributed by atoms with Crippen molar-refractivity contribution in [3.63, 3.8) is 0 Å². The lowest BCUT2D eigenvalue weighted by Crippen LogP contribution is -2.25. The fourth-order valence-electron chi connectivity index (χ4n) is 2.37. The molecule has 0 unspecified atom stereocenters. The van der Waals surface area contributed by atoms with E-state index in [1.807, 2.05) is 0 Å². The van der Waals surface area contributed by atoms with Gasteiger partial charge in [0, 0.05) is 11.0 Å². The van der Waals surface area contributed by atoms with E-state index >= 15 is 0 Å². The normalized spacial score (nSPS) is 16.3. The molecule has 0 amide bonds. The van der Waals surface area contributed by atoms with Crippen molar-refractivity contribution < 1.29 is 35.3 Å². The fourth-order valence-corrected chi connectivity index (χ4v) is 2.84. The van der Waals surface area contributed by atoms with Gasteiger partial charge in [0.05, 0.1) is 12.2 Å². The van der Waals surface area contributed by atoms with Crippen LogP contribution < -0.4 is 0 Å². The van der Waals surface area contributed by atoms with E-state index in [9.17, 15) is 26.4 Å². The Hall–Kier alpha value is -2.03. The number of esters is 1. The second kappa shape index (κ2) is 5.80. The summed E-state index contributed by atoms with van der Waals surface area (Å²) in [5.74, 6) is -1.12. The molecule has 0 heterocycles. The van der Waals surface area contributed by atoms with Gasteiger partial charge in [-0.3, -0.25) is 0 Å². The second-order valence-electron chi connectivity index (χ2n) is 5.69. The van der Waals surface area contributed by atoms with Gasteiger partial charge in [0.15, 0.2) is 0 Å². The molecule has 0 bridgehead atoms. The molecule has 132 valence electrons. The van der Waals surface area contributed by atoms with Gasteiger partial charge in [-0.15, -0.1) is 0 Å². The van der Waals surface area contributed by atoms with Gasteiger partial charge in [-0.2, -0.15) is 21.6 Å². The maximum Gasteiger partial charge on any atom is 0.534 e. The van der Waals surface area contributed by atoms with Crippen molar-refractivity contribution in [2.24, 2.45) is 0 Å². The summed E-state index contributed by atoms with van der Waals surface area (Å²) in [4.78, 5) is 11.8. The van der Waals surface area contributed by atoms with E-state index in [2.05, 4.69) is 4.18 Å². The van der Waals surface area contributed by atoms with Crippen LogP contribution in [0.4, 0.5) is 13.2 Å². The number of alkyl halides is 3. The molecule has 1 aliphatic rings. The summed E-state index contributed by atoms with van der Waals surface area (Å²) in [6.07, 6.45) is 1.27. The molecule has 0 atom stereocenters. The Morgan fingerprint density at radius 2 is 1.88 bits per heavy atom. The number of carbonyl (C=O) groups excluding carboxylic acids is 1. The number of halogens is 3. The standard InChI is InChI=1S/C15H15F3O5S/c1-4-22-13(19)9-5-6-11-10(7-9)12(8-14(11,2)3)23-24(20,21)15(16,17)18/h5-8H,4H2,1-3H3. The summed E-state index contributed by atoms with van der Waals surface area (Å²) < 4.78 is 69.3. The van der Waals surface area contributed by atoms with Gasteiger partial charge in [0.25, 0.3) is 0 Å². The number of rotatable bonds is 4. The molecule has 9 heteroatoms. The number of hydrogen-bond donors (Lipinski definition) is 0. The Kier molecular flexibility index (Phi) is 4.43. The van der Waals surface area contributed by atoms with Gasteiger partial charge in [-0.25, -0.2) is 4.79 Å². The zero-order valence-corrected chi connectivity index (χ0v) is 13.9. The van der Waals surface area contributed by atoms with Crippen molar-refractivity contribution in [3.8, 4) is 0 Å². The zero-order valence-electron chi connectivity index (χ0n) is 13.1. The Balaban J connectivity index is 2.48. The third kappa shape index (κ3) is 3.26. The molecule has 0 aromatic heterocycles. The molecular formula is C15H15F3O5S. The number of ether oxygens (including phenoxy) is 1. The van der Waals surface area contributed by atoms with Crippen LogP contribution in [-0.4, -0.2) is 26.5 Å². The first kappa shape index (κ1) is 18.3. The zero-order chi connectivity index (χ0) is 18.3. The molecule has 0 aliphatic heterocycles. The first-order chi connectivity index (χ1) is 10.9. The van der Waals surface area contributed by atoms with E-state index in [1.165, 1.54) is 24.3 Å². The van der Waals surface area contributed by atoms with Crippen LogP contribution in [0.25, 0.3) is 5.76 Å². The number of allylic oxidation sites excluding steroid dienone is 1. The number of carbonyl (C=O) groups is 1. The van der Waals surface area contributed by atoms with Crippen LogP contribution in [0.1, 0.15) is 42.3 Å². The predicted octanol–water partition coefficient (Wildman–Crippen LogP) is 3.36. The van der Waals surface area contributed by atoms with E-state index in [-0.39, 0.29) is 17.7 Å². The van der Waals surface area contributed by atoms with Crippen LogP contribution in [0.3, 0.4) is 0 Å². The van der Waals surface area contributed by atoms with Crippen LogP contribution in [0, 0.1) is 0 Å². The third-order valence-electron chi connectivity index (χ3n) is 3.47. The second-order valence-corrected chi connectivity index (χ2v) is 7.23. The first-order valence-electron chi connectivity index (χ1n) is 6.94. The smallest absolute Gasteiger partial charge is 0.462 e. The Bertz CT molecular complexity index is 807. The van der Waals surface area contributed by atoms with Crippen molar-refractivity contribution in [2.45, 2.75) is 31.7 Å². The van der Waals surface area contributed by atoms with Gasteiger partial charge >= 0.3 is 21.6 Å². The molecule has 0 fully saturated rings. The summed E-state index contributed by atoms with van der Waals surface area (Å²) in [6, 6.07) is 4.27. The highest BCUT2D eigenvalue weighted by atomic mass is 32.2. The molecular weight excluding hydrogens is 349 g/mol. The third-order valence-corrected chi connectivity index (χ3v) is 4.43. The van der Waals surface area contributed by atoms with Crippen LogP contribution in [-0.2, 0) is 24.5 Å². The summed E-state index contributed by atoms with van der Waals surface area (Å²) in [7, 11) is -5.80. The number of benzene rings is 1. The Morgan fingerprint density at radius 1 is 1.25 bits per heavy atom. The average molecular weight is 364 g/mol. The highest BCUT2D eigenvalue weighted by Crippen LogP contribution is 2.43. The lowest BCUT2D eigenvalue weighted by molar-refractivity contribution is -0.0509. The fraction of sp³-hybridized carbons (Fsp3) is 0.400. The van der Waals surface area contributed by atoms with Crippen molar-refractivity contribution in [3.05, 3.63) is 41.0 Å². The molecule has 1 aromatic carbocycles. The van der Waals surface area contributed by atoms with Crippen molar-refractivity contribution in [1.29, 1.82) is 0 Å². The van der Waals surface area contributed by atoms with Crippen LogP contribution in [0.15, 0.2) is 24.3 Å². The van der Waals surface area contributed by atoms with Crippen molar-refractivity contribution in [1.82, 2.24) is 0 Å². The molecule has 5 nitrogen and oxygen atoms in total. The molecule has 0 radical (unpaired) electrons. The maximum atomic E-state index is 12.5. The van der Waals surface area contributed by atoms with E-state index in [0.29, 0.717) is 5.56 Å². The maximum absolute atomic E-state index is 12.5. The summed E-state index contributed by atoms with van der Waals surface area (Å²) in [5, 5.41) is 0. The minimum Gasteiger partial charge on any atom is -0.462 e. The minimum absolute atomic E-state index is 0.0900. The van der Waals surface area contributed by atoms with Gasteiger partial charge in [-0.05, 0) is 30.7 Å². The van der Waals surface area contributed by atoms with Crippen molar-refractivity contribution >= 4 is 21.8 Å². The van der Waals surface area contributed by atoms with E-state index in [0.717, 1.165) is 0 Å². The van der Waals surface area contributed by atoms with Crippen molar-refractivity contribution in [2.75, 3.05) is 6.61 Å². The van der Waals surface area contributed by atoms with E-state index < -0.39 is 32.8 Å². The molecule has 0 N–H and O–H groups in total. The number of fused-ring (bicyclic) bond motifs is 1. The first-order valence-corrected chi connectivity index (χ1v) is 8.35. The summed E-state index contributed by atoms with van der Waals surface area (Å²) in [5.41, 5.74) is -5.55. The van der Waals surface area contributed by atoms with Gasteiger partial charge in [-0.1, -0.05) is 19.9 Å². The molecule has 1 aromatic rings. The molecule has 1 aliphatic carbocycles. The lowest BCUT2D eigenvalue weighted by atomic mass is 9.87. The summed E-state index contributed by atoms with van der Waals surface area (Å²) in [6.45, 7) is 5.11. The molecule has 24 heavy (non-hydrogen) atoms. The SMILES string of the molecule is CCOC(=O)c1ccc2c(c1)C(OS(=O)(=O)C(F)(F)F)=CC2(C)C. The predicted molar refractivity (Wildman–Crippen MR) is 79.5 cm³/mol. The molecule has 0 spiro atoms. The van der Waals surface area contributed by atoms with Crippen LogP contribution in [0.2, 0.25) is 0 Å². The molecule has 2 rings (SSSR count). The quantitative estimate of drug-likeness (QED) is 0.465. The highest BCUT2D eigenvalue weighted by molar-refractivity contribution is 7.87. The Morgan fingerprint density at radius 3 is 2.42 bits per heavy atom. The minimum atomic E-state index is -5.80. The van der Waals surface area contributed by atoms with E-state index in [4.69, 9.17) is 4.74 Å². The summed E-state index contributed by atoms with van der Waals surface area (Å²) >= 11 is 0. The Labute approximate surface area is 137 Å². The van der Waals surface area contributed by atoms with Crippen LogP contribution >= 0.6 is 0 Å². The lowest BCUT2D eigenvalue weighted by Gasteiger charge is -2.17.